The lowest BCUT2D eigenvalue weighted by atomic mass is 10.1. The van der Waals surface area contributed by atoms with E-state index in [4.69, 9.17) is 5.73 Å². The fraction of sp³-hybridized carbons (Fsp3) is 0.231. The van der Waals surface area contributed by atoms with Crippen LogP contribution in [0.15, 0.2) is 18.2 Å². The second-order valence-electron chi connectivity index (χ2n) is 4.19. The van der Waals surface area contributed by atoms with Crippen molar-refractivity contribution in [2.45, 2.75) is 20.8 Å². The Hall–Kier alpha value is -1.88. The summed E-state index contributed by atoms with van der Waals surface area (Å²) in [6.45, 7) is 5.81. The SMILES string of the molecule is Cc1ccc(C(=O)Nc2nc(C)c(C)s2)cc1N. The van der Waals surface area contributed by atoms with Crippen molar-refractivity contribution in [2.24, 2.45) is 0 Å². The summed E-state index contributed by atoms with van der Waals surface area (Å²) < 4.78 is 0. The maximum Gasteiger partial charge on any atom is 0.257 e. The van der Waals surface area contributed by atoms with E-state index in [1.807, 2.05) is 26.8 Å². The number of rotatable bonds is 2. The number of hydrogen-bond acceptors (Lipinski definition) is 4. The van der Waals surface area contributed by atoms with Crippen molar-refractivity contribution in [3.8, 4) is 0 Å². The van der Waals surface area contributed by atoms with Crippen LogP contribution in [-0.2, 0) is 0 Å². The second-order valence-corrected chi connectivity index (χ2v) is 5.39. The Bertz CT molecular complexity index is 585. The number of nitrogens with two attached hydrogens (primary N) is 1. The van der Waals surface area contributed by atoms with Crippen molar-refractivity contribution < 1.29 is 4.79 Å². The van der Waals surface area contributed by atoms with Gasteiger partial charge in [0.05, 0.1) is 5.69 Å². The summed E-state index contributed by atoms with van der Waals surface area (Å²) in [7, 11) is 0. The molecule has 0 spiro atoms. The molecule has 0 aliphatic carbocycles. The lowest BCUT2D eigenvalue weighted by molar-refractivity contribution is 0.102. The zero-order valence-electron chi connectivity index (χ0n) is 10.6. The van der Waals surface area contributed by atoms with Crippen LogP contribution in [0.4, 0.5) is 10.8 Å². The standard InChI is InChI=1S/C13H15N3OS/c1-7-4-5-10(6-11(7)14)12(17)16-13-15-8(2)9(3)18-13/h4-6H,14H2,1-3H3,(H,15,16,17). The molecule has 5 heteroatoms. The number of nitrogens with one attached hydrogen (secondary N) is 1. The van der Waals surface area contributed by atoms with Gasteiger partial charge < -0.3 is 5.73 Å². The summed E-state index contributed by atoms with van der Waals surface area (Å²) in [4.78, 5) is 17.4. The fourth-order valence-corrected chi connectivity index (χ4v) is 2.29. The lowest BCUT2D eigenvalue weighted by Crippen LogP contribution is -2.12. The minimum Gasteiger partial charge on any atom is -0.398 e. The van der Waals surface area contributed by atoms with Gasteiger partial charge in [-0.25, -0.2) is 4.98 Å². The van der Waals surface area contributed by atoms with Crippen LogP contribution < -0.4 is 11.1 Å². The lowest BCUT2D eigenvalue weighted by Gasteiger charge is -2.04. The molecule has 2 aromatic rings. The molecule has 0 bridgehead atoms. The molecule has 0 aliphatic heterocycles. The third-order valence-electron chi connectivity index (χ3n) is 2.79. The highest BCUT2D eigenvalue weighted by Crippen LogP contribution is 2.22. The third kappa shape index (κ3) is 2.51. The first-order valence-electron chi connectivity index (χ1n) is 5.59. The number of carbonyl (C=O) groups excluding carboxylic acids is 1. The van der Waals surface area contributed by atoms with Crippen molar-refractivity contribution in [1.29, 1.82) is 0 Å². The Morgan fingerprint density at radius 2 is 2.06 bits per heavy atom. The average Bonchev–Trinajstić information content (AvgIpc) is 2.61. The number of amides is 1. The summed E-state index contributed by atoms with van der Waals surface area (Å²) in [5.41, 5.74) is 8.86. The molecule has 0 saturated carbocycles. The molecule has 0 atom stereocenters. The minimum absolute atomic E-state index is 0.185. The van der Waals surface area contributed by atoms with Gasteiger partial charge in [0.15, 0.2) is 5.13 Å². The molecule has 3 N–H and O–H groups in total. The maximum absolute atomic E-state index is 12.0. The van der Waals surface area contributed by atoms with Crippen LogP contribution in [0, 0.1) is 20.8 Å². The van der Waals surface area contributed by atoms with Gasteiger partial charge in [-0.1, -0.05) is 6.07 Å². The Labute approximate surface area is 110 Å². The molecular weight excluding hydrogens is 246 g/mol. The molecule has 94 valence electrons. The Balaban J connectivity index is 2.19. The normalized spacial score (nSPS) is 10.4. The third-order valence-corrected chi connectivity index (χ3v) is 3.78. The first-order valence-corrected chi connectivity index (χ1v) is 6.40. The van der Waals surface area contributed by atoms with Crippen molar-refractivity contribution >= 4 is 28.1 Å². The summed E-state index contributed by atoms with van der Waals surface area (Å²) in [5.74, 6) is -0.185. The molecule has 0 radical (unpaired) electrons. The molecule has 0 fully saturated rings. The van der Waals surface area contributed by atoms with Gasteiger partial charge in [0, 0.05) is 16.1 Å². The summed E-state index contributed by atoms with van der Waals surface area (Å²) in [6, 6.07) is 5.27. The van der Waals surface area contributed by atoms with E-state index in [0.29, 0.717) is 16.4 Å². The van der Waals surface area contributed by atoms with Crippen LogP contribution >= 0.6 is 11.3 Å². The highest BCUT2D eigenvalue weighted by atomic mass is 32.1. The van der Waals surface area contributed by atoms with E-state index < -0.39 is 0 Å². The topological polar surface area (TPSA) is 68.0 Å². The predicted octanol–water partition coefficient (Wildman–Crippen LogP) is 2.90. The van der Waals surface area contributed by atoms with Crippen molar-refractivity contribution in [1.82, 2.24) is 4.98 Å². The van der Waals surface area contributed by atoms with Gasteiger partial charge in [-0.2, -0.15) is 0 Å². The molecule has 0 unspecified atom stereocenters. The van der Waals surface area contributed by atoms with Crippen molar-refractivity contribution in [3.05, 3.63) is 39.9 Å². The van der Waals surface area contributed by atoms with Gasteiger partial charge in [-0.15, -0.1) is 11.3 Å². The quantitative estimate of drug-likeness (QED) is 0.817. The molecule has 4 nitrogen and oxygen atoms in total. The zero-order chi connectivity index (χ0) is 13.3. The number of nitrogen functional groups attached to an aromatic ring is 1. The first kappa shape index (κ1) is 12.6. The van der Waals surface area contributed by atoms with E-state index in [0.717, 1.165) is 16.1 Å². The first-order chi connectivity index (χ1) is 8.47. The second kappa shape index (κ2) is 4.78. The van der Waals surface area contributed by atoms with E-state index in [9.17, 15) is 4.79 Å². The molecule has 1 amide bonds. The van der Waals surface area contributed by atoms with Crippen LogP contribution in [0.25, 0.3) is 0 Å². The van der Waals surface area contributed by atoms with E-state index in [2.05, 4.69) is 10.3 Å². The highest BCUT2D eigenvalue weighted by Gasteiger charge is 2.10. The number of benzene rings is 1. The summed E-state index contributed by atoms with van der Waals surface area (Å²) in [6.07, 6.45) is 0. The number of aryl methyl sites for hydroxylation is 3. The number of anilines is 2. The van der Waals surface area contributed by atoms with Crippen LogP contribution in [-0.4, -0.2) is 10.9 Å². The molecule has 18 heavy (non-hydrogen) atoms. The summed E-state index contributed by atoms with van der Waals surface area (Å²) >= 11 is 1.47. The minimum atomic E-state index is -0.185. The van der Waals surface area contributed by atoms with E-state index in [-0.39, 0.29) is 5.91 Å². The van der Waals surface area contributed by atoms with Gasteiger partial charge in [-0.05, 0) is 38.5 Å². The van der Waals surface area contributed by atoms with Gasteiger partial charge in [0.25, 0.3) is 5.91 Å². The summed E-state index contributed by atoms with van der Waals surface area (Å²) in [5, 5.41) is 3.40. The number of carbonyl (C=O) groups is 1. The van der Waals surface area contributed by atoms with Crippen LogP contribution in [0.5, 0.6) is 0 Å². The van der Waals surface area contributed by atoms with Crippen LogP contribution in [0.1, 0.15) is 26.5 Å². The fourth-order valence-electron chi connectivity index (χ4n) is 1.48. The molecule has 1 heterocycles. The van der Waals surface area contributed by atoms with Crippen molar-refractivity contribution in [3.63, 3.8) is 0 Å². The van der Waals surface area contributed by atoms with Gasteiger partial charge in [-0.3, -0.25) is 10.1 Å². The van der Waals surface area contributed by atoms with E-state index in [1.165, 1.54) is 11.3 Å². The van der Waals surface area contributed by atoms with Crippen LogP contribution in [0.2, 0.25) is 0 Å². The predicted molar refractivity (Wildman–Crippen MR) is 75.1 cm³/mol. The number of aromatic nitrogens is 1. The Morgan fingerprint density at radius 1 is 1.33 bits per heavy atom. The number of nitrogens with zero attached hydrogens (tertiary/aromatic N) is 1. The maximum atomic E-state index is 12.0. The zero-order valence-corrected chi connectivity index (χ0v) is 11.4. The molecule has 0 saturated heterocycles. The van der Waals surface area contributed by atoms with Crippen LogP contribution in [0.3, 0.4) is 0 Å². The molecule has 2 rings (SSSR count). The Morgan fingerprint density at radius 3 is 2.61 bits per heavy atom. The number of hydrogen-bond donors (Lipinski definition) is 2. The monoisotopic (exact) mass is 261 g/mol. The van der Waals surface area contributed by atoms with Gasteiger partial charge in [0.1, 0.15) is 0 Å². The Kier molecular flexibility index (Phi) is 3.34. The van der Waals surface area contributed by atoms with Gasteiger partial charge in [0.2, 0.25) is 0 Å². The number of thiazole rings is 1. The molecule has 1 aromatic carbocycles. The molecule has 0 aliphatic rings. The van der Waals surface area contributed by atoms with Crippen molar-refractivity contribution in [2.75, 3.05) is 11.1 Å². The molecule has 1 aromatic heterocycles. The smallest absolute Gasteiger partial charge is 0.257 e. The molecular formula is C13H15N3OS. The van der Waals surface area contributed by atoms with E-state index >= 15 is 0 Å². The largest absolute Gasteiger partial charge is 0.398 e. The average molecular weight is 261 g/mol. The van der Waals surface area contributed by atoms with E-state index in [1.54, 1.807) is 12.1 Å². The van der Waals surface area contributed by atoms with Gasteiger partial charge >= 0.3 is 0 Å². The highest BCUT2D eigenvalue weighted by molar-refractivity contribution is 7.15.